The van der Waals surface area contributed by atoms with Gasteiger partial charge in [-0.2, -0.15) is 0 Å². The fourth-order valence-corrected chi connectivity index (χ4v) is 3.37. The molecule has 1 saturated heterocycles. The van der Waals surface area contributed by atoms with Gasteiger partial charge < -0.3 is 19.1 Å². The Balaban J connectivity index is 1.51. The minimum absolute atomic E-state index is 0.0328. The number of hydrogen-bond donors (Lipinski definition) is 0. The first-order valence-electron chi connectivity index (χ1n) is 9.46. The summed E-state index contributed by atoms with van der Waals surface area (Å²) >= 11 is 0. The number of likely N-dealkylation sites (tertiary alicyclic amines) is 1. The summed E-state index contributed by atoms with van der Waals surface area (Å²) in [5, 5.41) is 0. The molecule has 1 heterocycles. The smallest absolute Gasteiger partial charge is 0.107 e. The van der Waals surface area contributed by atoms with E-state index in [1.165, 1.54) is 0 Å². The van der Waals surface area contributed by atoms with E-state index in [0.29, 0.717) is 24.9 Å². The van der Waals surface area contributed by atoms with Crippen molar-refractivity contribution in [2.75, 3.05) is 33.4 Å². The molecule has 2 rings (SSSR count). The molecule has 0 radical (unpaired) electrons. The Hall–Kier alpha value is -0.600. The van der Waals surface area contributed by atoms with E-state index in [-0.39, 0.29) is 5.60 Å². The summed E-state index contributed by atoms with van der Waals surface area (Å²) in [6.07, 6.45) is 7.85. The molecule has 2 aliphatic rings. The summed E-state index contributed by atoms with van der Waals surface area (Å²) in [7, 11) is 1.68. The highest BCUT2D eigenvalue weighted by Crippen LogP contribution is 2.32. The van der Waals surface area contributed by atoms with Crippen LogP contribution >= 0.6 is 0 Å². The summed E-state index contributed by atoms with van der Waals surface area (Å²) in [5.74, 6) is 6.17. The Morgan fingerprint density at radius 3 is 2.33 bits per heavy atom. The van der Waals surface area contributed by atoms with Crippen LogP contribution in [0.3, 0.4) is 0 Å². The van der Waals surface area contributed by atoms with Gasteiger partial charge in [-0.05, 0) is 59.4 Å². The Labute approximate surface area is 148 Å². The molecule has 0 spiro atoms. The van der Waals surface area contributed by atoms with E-state index in [1.807, 2.05) is 0 Å². The maximum absolute atomic E-state index is 6.25. The van der Waals surface area contributed by atoms with Crippen LogP contribution in [0, 0.1) is 11.8 Å². The fourth-order valence-electron chi connectivity index (χ4n) is 3.37. The van der Waals surface area contributed by atoms with Crippen molar-refractivity contribution in [1.82, 2.24) is 4.90 Å². The summed E-state index contributed by atoms with van der Waals surface area (Å²) in [6.45, 7) is 10.4. The van der Waals surface area contributed by atoms with Gasteiger partial charge in [0.05, 0.1) is 23.9 Å². The van der Waals surface area contributed by atoms with Crippen molar-refractivity contribution >= 4 is 0 Å². The molecule has 1 saturated carbocycles. The number of hydrogen-bond acceptors (Lipinski definition) is 4. The van der Waals surface area contributed by atoms with Gasteiger partial charge in [-0.3, -0.25) is 0 Å². The zero-order chi connectivity index (χ0) is 17.4. The van der Waals surface area contributed by atoms with Gasteiger partial charge >= 0.3 is 0 Å². The highest BCUT2D eigenvalue weighted by Gasteiger charge is 2.35. The number of piperidine rings is 1. The molecule has 0 aromatic rings. The second-order valence-electron chi connectivity index (χ2n) is 8.01. The maximum Gasteiger partial charge on any atom is 0.107 e. The van der Waals surface area contributed by atoms with Crippen LogP contribution in [0.5, 0.6) is 0 Å². The molecule has 2 fully saturated rings. The van der Waals surface area contributed by atoms with Crippen molar-refractivity contribution in [3.63, 3.8) is 0 Å². The molecule has 4 heteroatoms. The molecule has 0 N–H and O–H groups in total. The molecular weight excluding hydrogens is 302 g/mol. The molecular formula is C20H35NO3. The van der Waals surface area contributed by atoms with Crippen molar-refractivity contribution in [2.45, 2.75) is 83.2 Å². The summed E-state index contributed by atoms with van der Waals surface area (Å²) in [6, 6.07) is 0. The number of methoxy groups -OCH3 is 1. The lowest BCUT2D eigenvalue weighted by Gasteiger charge is -2.42. The van der Waals surface area contributed by atoms with Crippen LogP contribution in [0.4, 0.5) is 0 Å². The Bertz CT molecular complexity index is 407. The Morgan fingerprint density at radius 2 is 1.71 bits per heavy atom. The van der Waals surface area contributed by atoms with Crippen LogP contribution in [0.15, 0.2) is 0 Å². The first-order chi connectivity index (χ1) is 11.5. The molecule has 0 unspecified atom stereocenters. The molecule has 0 atom stereocenters. The zero-order valence-corrected chi connectivity index (χ0v) is 16.0. The molecule has 0 aromatic carbocycles. The van der Waals surface area contributed by atoms with Crippen molar-refractivity contribution < 1.29 is 14.2 Å². The van der Waals surface area contributed by atoms with Crippen LogP contribution in [-0.4, -0.2) is 62.2 Å². The number of rotatable bonds is 7. The number of unbranched alkanes of at least 4 members (excludes halogenated alkanes) is 1. The van der Waals surface area contributed by atoms with Crippen molar-refractivity contribution in [3.8, 4) is 11.8 Å². The average Bonchev–Trinajstić information content (AvgIpc) is 2.49. The second kappa shape index (κ2) is 9.77. The van der Waals surface area contributed by atoms with E-state index in [1.54, 1.807) is 7.11 Å². The molecule has 0 bridgehead atoms. The lowest BCUT2D eigenvalue weighted by atomic mass is 9.90. The van der Waals surface area contributed by atoms with Gasteiger partial charge in [-0.1, -0.05) is 5.92 Å². The van der Waals surface area contributed by atoms with Crippen LogP contribution < -0.4 is 0 Å². The van der Waals surface area contributed by atoms with Crippen molar-refractivity contribution in [1.29, 1.82) is 0 Å². The highest BCUT2D eigenvalue weighted by molar-refractivity contribution is 4.98. The first-order valence-corrected chi connectivity index (χ1v) is 9.46. The van der Waals surface area contributed by atoms with Gasteiger partial charge in [0.25, 0.3) is 0 Å². The third kappa shape index (κ3) is 7.53. The fraction of sp³-hybridized carbons (Fsp3) is 0.900. The van der Waals surface area contributed by atoms with Gasteiger partial charge in [0, 0.05) is 26.6 Å². The standard InChI is InChI=1S/C20H35NO3/c1-20(2,3)24-19-15-18(16-19)23-17-9-12-21(13-10-17)11-7-5-6-8-14-22-4/h17-19H,5,7,9-16H2,1-4H3. The number of nitrogens with zero attached hydrogens (tertiary/aromatic N) is 1. The van der Waals surface area contributed by atoms with E-state index in [9.17, 15) is 0 Å². The normalized spacial score (nSPS) is 25.8. The lowest BCUT2D eigenvalue weighted by Crippen LogP contribution is -2.45. The Morgan fingerprint density at radius 1 is 1.00 bits per heavy atom. The van der Waals surface area contributed by atoms with E-state index < -0.39 is 0 Å². The largest absolute Gasteiger partial charge is 0.375 e. The number of ether oxygens (including phenoxy) is 3. The summed E-state index contributed by atoms with van der Waals surface area (Å²) in [4.78, 5) is 2.55. The molecule has 138 valence electrons. The molecule has 0 amide bonds. The molecule has 1 aliphatic carbocycles. The molecule has 0 aromatic heterocycles. The Kier molecular flexibility index (Phi) is 8.03. The quantitative estimate of drug-likeness (QED) is 0.527. The minimum Gasteiger partial charge on any atom is -0.375 e. The summed E-state index contributed by atoms with van der Waals surface area (Å²) in [5.41, 5.74) is -0.0328. The van der Waals surface area contributed by atoms with Gasteiger partial charge in [-0.25, -0.2) is 0 Å². The maximum atomic E-state index is 6.25. The molecule has 4 nitrogen and oxygen atoms in total. The predicted octanol–water partition coefficient (Wildman–Crippen LogP) is 3.24. The third-order valence-corrected chi connectivity index (χ3v) is 4.61. The van der Waals surface area contributed by atoms with Gasteiger partial charge in [0.15, 0.2) is 0 Å². The average molecular weight is 338 g/mol. The molecule has 24 heavy (non-hydrogen) atoms. The van der Waals surface area contributed by atoms with Crippen LogP contribution in [-0.2, 0) is 14.2 Å². The zero-order valence-electron chi connectivity index (χ0n) is 16.0. The van der Waals surface area contributed by atoms with Crippen molar-refractivity contribution in [3.05, 3.63) is 0 Å². The molecule has 1 aliphatic heterocycles. The summed E-state index contributed by atoms with van der Waals surface area (Å²) < 4.78 is 17.1. The lowest BCUT2D eigenvalue weighted by molar-refractivity contribution is -0.167. The van der Waals surface area contributed by atoms with Crippen molar-refractivity contribution in [2.24, 2.45) is 0 Å². The first kappa shape index (κ1) is 19.7. The van der Waals surface area contributed by atoms with Gasteiger partial charge in [0.2, 0.25) is 0 Å². The van der Waals surface area contributed by atoms with E-state index in [2.05, 4.69) is 37.5 Å². The van der Waals surface area contributed by atoms with Crippen LogP contribution in [0.25, 0.3) is 0 Å². The van der Waals surface area contributed by atoms with E-state index in [4.69, 9.17) is 14.2 Å². The minimum atomic E-state index is -0.0328. The van der Waals surface area contributed by atoms with Crippen LogP contribution in [0.2, 0.25) is 0 Å². The van der Waals surface area contributed by atoms with E-state index in [0.717, 1.165) is 58.2 Å². The monoisotopic (exact) mass is 337 g/mol. The topological polar surface area (TPSA) is 30.9 Å². The SMILES string of the molecule is COCC#CCCCN1CCC(OC2CC(OC(C)(C)C)C2)CC1. The van der Waals surface area contributed by atoms with Gasteiger partial charge in [0.1, 0.15) is 6.61 Å². The van der Waals surface area contributed by atoms with E-state index >= 15 is 0 Å². The third-order valence-electron chi connectivity index (χ3n) is 4.61. The second-order valence-corrected chi connectivity index (χ2v) is 8.01. The highest BCUT2D eigenvalue weighted by atomic mass is 16.5. The van der Waals surface area contributed by atoms with Gasteiger partial charge in [-0.15, -0.1) is 5.92 Å². The van der Waals surface area contributed by atoms with Crippen LogP contribution in [0.1, 0.15) is 59.3 Å². The predicted molar refractivity (Wildman–Crippen MR) is 97.1 cm³/mol.